The fourth-order valence-electron chi connectivity index (χ4n) is 4.94. The standard InChI is InChI=1S/C36H42N2/c1-3-5-7-15-21-33-25-35(29-17-11-9-12-18-29)31(27-37-33)23-24-32-28-38-34(22-16-8-6-4-2)26-36(32)30-19-13-10-14-20-30/h9-14,17-20,23-28H,3-8,15-16,21-22H2,1-2H3. The summed E-state index contributed by atoms with van der Waals surface area (Å²) in [6.45, 7) is 4.51. The van der Waals surface area contributed by atoms with Gasteiger partial charge in [0.15, 0.2) is 0 Å². The molecule has 0 fully saturated rings. The normalized spacial score (nSPS) is 11.3. The van der Waals surface area contributed by atoms with Gasteiger partial charge in [0.05, 0.1) is 0 Å². The first-order valence-electron chi connectivity index (χ1n) is 14.5. The summed E-state index contributed by atoms with van der Waals surface area (Å²) < 4.78 is 0. The second-order valence-corrected chi connectivity index (χ2v) is 10.2. The van der Waals surface area contributed by atoms with E-state index < -0.39 is 0 Å². The minimum absolute atomic E-state index is 1.03. The number of unbranched alkanes of at least 4 members (excludes halogenated alkanes) is 6. The van der Waals surface area contributed by atoms with Crippen molar-refractivity contribution in [3.05, 3.63) is 108 Å². The van der Waals surface area contributed by atoms with E-state index >= 15 is 0 Å². The van der Waals surface area contributed by atoms with E-state index in [1.165, 1.54) is 85.0 Å². The predicted octanol–water partition coefficient (Wildman–Crippen LogP) is 10.2. The summed E-state index contributed by atoms with van der Waals surface area (Å²) in [5.74, 6) is 0. The first kappa shape index (κ1) is 27.5. The average Bonchev–Trinajstić information content (AvgIpc) is 2.98. The average molecular weight is 503 g/mol. The van der Waals surface area contributed by atoms with E-state index in [1.807, 2.05) is 12.4 Å². The Bertz CT molecular complexity index is 1170. The summed E-state index contributed by atoms with van der Waals surface area (Å²) in [5.41, 5.74) is 9.56. The Hall–Kier alpha value is -3.52. The van der Waals surface area contributed by atoms with Crippen LogP contribution in [-0.2, 0) is 12.8 Å². The molecule has 38 heavy (non-hydrogen) atoms. The molecule has 4 rings (SSSR count). The predicted molar refractivity (Wildman–Crippen MR) is 164 cm³/mol. The van der Waals surface area contributed by atoms with Gasteiger partial charge in [0.25, 0.3) is 0 Å². The molecule has 2 heteroatoms. The highest BCUT2D eigenvalue weighted by Gasteiger charge is 2.09. The van der Waals surface area contributed by atoms with Crippen LogP contribution >= 0.6 is 0 Å². The van der Waals surface area contributed by atoms with E-state index in [9.17, 15) is 0 Å². The quantitative estimate of drug-likeness (QED) is 0.160. The van der Waals surface area contributed by atoms with Crippen LogP contribution in [0, 0.1) is 0 Å². The number of pyridine rings is 2. The van der Waals surface area contributed by atoms with E-state index in [1.54, 1.807) is 0 Å². The highest BCUT2D eigenvalue weighted by molar-refractivity contribution is 5.85. The number of hydrogen-bond donors (Lipinski definition) is 0. The molecular weight excluding hydrogens is 460 g/mol. The number of benzene rings is 2. The number of rotatable bonds is 14. The van der Waals surface area contributed by atoms with E-state index in [0.29, 0.717) is 0 Å². The van der Waals surface area contributed by atoms with Crippen LogP contribution < -0.4 is 0 Å². The molecule has 0 saturated carbocycles. The molecule has 4 aromatic rings. The molecule has 196 valence electrons. The largest absolute Gasteiger partial charge is 0.261 e. The first-order valence-corrected chi connectivity index (χ1v) is 14.5. The Morgan fingerprint density at radius 3 is 1.34 bits per heavy atom. The van der Waals surface area contributed by atoms with Gasteiger partial charge in [-0.15, -0.1) is 0 Å². The molecule has 2 heterocycles. The Kier molecular flexibility index (Phi) is 10.9. The van der Waals surface area contributed by atoms with Gasteiger partial charge < -0.3 is 0 Å². The lowest BCUT2D eigenvalue weighted by Crippen LogP contribution is -1.95. The van der Waals surface area contributed by atoms with Crippen molar-refractivity contribution in [3.63, 3.8) is 0 Å². The molecule has 0 N–H and O–H groups in total. The SMILES string of the molecule is CCCCCCc1cc(-c2ccccc2)c(C=Cc2cnc(CCCCCC)cc2-c2ccccc2)cn1. The lowest BCUT2D eigenvalue weighted by molar-refractivity contribution is 0.661. The smallest absolute Gasteiger partial charge is 0.0410 e. The van der Waals surface area contributed by atoms with Gasteiger partial charge in [0.2, 0.25) is 0 Å². The number of nitrogens with zero attached hydrogens (tertiary/aromatic N) is 2. The van der Waals surface area contributed by atoms with Crippen LogP contribution in [0.15, 0.2) is 85.2 Å². The molecular formula is C36H42N2. The number of hydrogen-bond acceptors (Lipinski definition) is 2. The van der Waals surface area contributed by atoms with Crippen molar-refractivity contribution in [2.45, 2.75) is 78.1 Å². The molecule has 0 atom stereocenters. The molecule has 2 aromatic heterocycles. The van der Waals surface area contributed by atoms with E-state index in [4.69, 9.17) is 9.97 Å². The summed E-state index contributed by atoms with van der Waals surface area (Å²) in [6, 6.07) is 25.9. The lowest BCUT2D eigenvalue weighted by atomic mass is 9.96. The van der Waals surface area contributed by atoms with Gasteiger partial charge in [-0.3, -0.25) is 9.97 Å². The lowest BCUT2D eigenvalue weighted by Gasteiger charge is -2.11. The molecule has 0 aliphatic carbocycles. The minimum atomic E-state index is 1.03. The summed E-state index contributed by atoms with van der Waals surface area (Å²) >= 11 is 0. The highest BCUT2D eigenvalue weighted by atomic mass is 14.7. The van der Waals surface area contributed by atoms with Gasteiger partial charge in [-0.05, 0) is 60.1 Å². The maximum absolute atomic E-state index is 4.85. The zero-order valence-corrected chi connectivity index (χ0v) is 23.2. The van der Waals surface area contributed by atoms with Gasteiger partial charge in [-0.2, -0.15) is 0 Å². The fourth-order valence-corrected chi connectivity index (χ4v) is 4.94. The van der Waals surface area contributed by atoms with Crippen LogP contribution in [-0.4, -0.2) is 9.97 Å². The maximum Gasteiger partial charge on any atom is 0.0410 e. The van der Waals surface area contributed by atoms with Crippen LogP contribution in [0.5, 0.6) is 0 Å². The van der Waals surface area contributed by atoms with Gasteiger partial charge in [-0.1, -0.05) is 125 Å². The topological polar surface area (TPSA) is 25.8 Å². The van der Waals surface area contributed by atoms with Crippen molar-refractivity contribution in [3.8, 4) is 22.3 Å². The third kappa shape index (κ3) is 7.99. The minimum Gasteiger partial charge on any atom is -0.261 e. The van der Waals surface area contributed by atoms with E-state index in [0.717, 1.165) is 24.0 Å². The summed E-state index contributed by atoms with van der Waals surface area (Å²) in [4.78, 5) is 9.70. The first-order chi connectivity index (χ1) is 18.8. The van der Waals surface area contributed by atoms with Crippen molar-refractivity contribution < 1.29 is 0 Å². The van der Waals surface area contributed by atoms with Crippen LogP contribution in [0.25, 0.3) is 34.4 Å². The van der Waals surface area contributed by atoms with Crippen molar-refractivity contribution >= 4 is 12.2 Å². The third-order valence-electron chi connectivity index (χ3n) is 7.17. The van der Waals surface area contributed by atoms with Gasteiger partial charge >= 0.3 is 0 Å². The van der Waals surface area contributed by atoms with Gasteiger partial charge in [0, 0.05) is 34.9 Å². The van der Waals surface area contributed by atoms with Gasteiger partial charge in [0.1, 0.15) is 0 Å². The number of aryl methyl sites for hydroxylation is 2. The van der Waals surface area contributed by atoms with E-state index in [2.05, 4.69) is 98.8 Å². The fraction of sp³-hybridized carbons (Fsp3) is 0.333. The number of aromatic nitrogens is 2. The summed E-state index contributed by atoms with van der Waals surface area (Å²) in [6.07, 6.45) is 20.6. The van der Waals surface area contributed by atoms with Crippen LogP contribution in [0.4, 0.5) is 0 Å². The zero-order chi connectivity index (χ0) is 26.4. The molecule has 0 spiro atoms. The van der Waals surface area contributed by atoms with Crippen molar-refractivity contribution in [1.82, 2.24) is 9.97 Å². The molecule has 0 radical (unpaired) electrons. The van der Waals surface area contributed by atoms with Crippen molar-refractivity contribution in [2.24, 2.45) is 0 Å². The zero-order valence-electron chi connectivity index (χ0n) is 23.2. The summed E-state index contributed by atoms with van der Waals surface area (Å²) in [7, 11) is 0. The Labute approximate surface area is 229 Å². The molecule has 0 unspecified atom stereocenters. The molecule has 0 aliphatic rings. The van der Waals surface area contributed by atoms with E-state index in [-0.39, 0.29) is 0 Å². The van der Waals surface area contributed by atoms with Crippen LogP contribution in [0.2, 0.25) is 0 Å². The highest BCUT2D eigenvalue weighted by Crippen LogP contribution is 2.29. The van der Waals surface area contributed by atoms with Crippen molar-refractivity contribution in [2.75, 3.05) is 0 Å². The van der Waals surface area contributed by atoms with Crippen molar-refractivity contribution in [1.29, 1.82) is 0 Å². The van der Waals surface area contributed by atoms with Crippen LogP contribution in [0.3, 0.4) is 0 Å². The van der Waals surface area contributed by atoms with Crippen LogP contribution in [0.1, 0.15) is 87.7 Å². The Balaban J connectivity index is 1.64. The Morgan fingerprint density at radius 1 is 0.526 bits per heavy atom. The second kappa shape index (κ2) is 15.0. The Morgan fingerprint density at radius 2 is 0.947 bits per heavy atom. The summed E-state index contributed by atoms with van der Waals surface area (Å²) in [5, 5.41) is 0. The second-order valence-electron chi connectivity index (χ2n) is 10.2. The van der Waals surface area contributed by atoms with Gasteiger partial charge in [-0.25, -0.2) is 0 Å². The molecule has 0 amide bonds. The third-order valence-corrected chi connectivity index (χ3v) is 7.17. The monoisotopic (exact) mass is 502 g/mol. The molecule has 0 aliphatic heterocycles. The molecule has 2 aromatic carbocycles. The molecule has 2 nitrogen and oxygen atoms in total. The molecule has 0 saturated heterocycles. The molecule has 0 bridgehead atoms. The maximum atomic E-state index is 4.85.